The summed E-state index contributed by atoms with van der Waals surface area (Å²) in [6, 6.07) is 7.69. The van der Waals surface area contributed by atoms with Gasteiger partial charge in [-0.2, -0.15) is 5.10 Å². The number of carbonyl (C=O) groups is 1. The van der Waals surface area contributed by atoms with E-state index in [0.29, 0.717) is 12.2 Å². The second kappa shape index (κ2) is 6.09. The van der Waals surface area contributed by atoms with Crippen LogP contribution >= 0.6 is 0 Å². The third-order valence-corrected chi connectivity index (χ3v) is 4.09. The first-order valence-electron chi connectivity index (χ1n) is 7.40. The van der Waals surface area contributed by atoms with Gasteiger partial charge in [0.1, 0.15) is 5.75 Å². The number of aromatic amines is 1. The first-order valence-corrected chi connectivity index (χ1v) is 7.40. The lowest BCUT2D eigenvalue weighted by Crippen LogP contribution is -2.33. The van der Waals surface area contributed by atoms with Gasteiger partial charge in [0, 0.05) is 19.0 Å². The van der Waals surface area contributed by atoms with Crippen molar-refractivity contribution >= 4 is 11.6 Å². The van der Waals surface area contributed by atoms with E-state index in [2.05, 4.69) is 10.2 Å². The highest BCUT2D eigenvalue weighted by Gasteiger charge is 2.29. The van der Waals surface area contributed by atoms with E-state index in [9.17, 15) is 4.79 Å². The number of anilines is 1. The van der Waals surface area contributed by atoms with Crippen LogP contribution in [0.3, 0.4) is 0 Å². The van der Waals surface area contributed by atoms with Crippen molar-refractivity contribution in [2.24, 2.45) is 0 Å². The Labute approximate surface area is 129 Å². The standard InChI is InChI=1S/C16H20N4O2/c1-11-4-2-3-5-14(11)22-10-15(21)20-7-6-12(9-20)16-13(17)8-18-19-16/h2-5,8,12H,6-7,9-10,17H2,1H3,(H,18,19). The molecule has 1 aliphatic heterocycles. The van der Waals surface area contributed by atoms with Gasteiger partial charge in [-0.15, -0.1) is 0 Å². The number of nitrogen functional groups attached to an aromatic ring is 1. The van der Waals surface area contributed by atoms with Gasteiger partial charge in [-0.3, -0.25) is 9.89 Å². The van der Waals surface area contributed by atoms with Crippen molar-refractivity contribution in [3.05, 3.63) is 41.7 Å². The Morgan fingerprint density at radius 1 is 1.50 bits per heavy atom. The highest BCUT2D eigenvalue weighted by atomic mass is 16.5. The lowest BCUT2D eigenvalue weighted by molar-refractivity contribution is -0.132. The van der Waals surface area contributed by atoms with Gasteiger partial charge in [-0.1, -0.05) is 18.2 Å². The molecular formula is C16H20N4O2. The SMILES string of the molecule is Cc1ccccc1OCC(=O)N1CCC(c2[nH]ncc2N)C1. The van der Waals surface area contributed by atoms with E-state index >= 15 is 0 Å². The molecule has 2 aromatic rings. The molecule has 6 heteroatoms. The number of aromatic nitrogens is 2. The number of para-hydroxylation sites is 1. The summed E-state index contributed by atoms with van der Waals surface area (Å²) in [5.74, 6) is 0.984. The average molecular weight is 300 g/mol. The molecule has 22 heavy (non-hydrogen) atoms. The minimum absolute atomic E-state index is 0.00356. The molecule has 1 aliphatic rings. The van der Waals surface area contributed by atoms with E-state index in [1.54, 1.807) is 6.20 Å². The Hall–Kier alpha value is -2.50. The summed E-state index contributed by atoms with van der Waals surface area (Å²) in [4.78, 5) is 14.1. The number of H-pyrrole nitrogens is 1. The smallest absolute Gasteiger partial charge is 0.260 e. The largest absolute Gasteiger partial charge is 0.484 e. The fourth-order valence-corrected chi connectivity index (χ4v) is 2.80. The molecule has 0 spiro atoms. The first kappa shape index (κ1) is 14.4. The fourth-order valence-electron chi connectivity index (χ4n) is 2.80. The van der Waals surface area contributed by atoms with E-state index < -0.39 is 0 Å². The second-order valence-electron chi connectivity index (χ2n) is 5.62. The van der Waals surface area contributed by atoms with Gasteiger partial charge in [-0.05, 0) is 25.0 Å². The van der Waals surface area contributed by atoms with Crippen molar-refractivity contribution in [2.75, 3.05) is 25.4 Å². The molecule has 6 nitrogen and oxygen atoms in total. The summed E-state index contributed by atoms with van der Waals surface area (Å²) >= 11 is 0. The maximum atomic E-state index is 12.3. The summed E-state index contributed by atoms with van der Waals surface area (Å²) in [5, 5.41) is 6.87. The maximum Gasteiger partial charge on any atom is 0.260 e. The van der Waals surface area contributed by atoms with Crippen LogP contribution in [-0.4, -0.2) is 40.7 Å². The molecule has 1 saturated heterocycles. The second-order valence-corrected chi connectivity index (χ2v) is 5.62. The van der Waals surface area contributed by atoms with E-state index in [-0.39, 0.29) is 18.4 Å². The van der Waals surface area contributed by atoms with Gasteiger partial charge in [0.05, 0.1) is 17.6 Å². The minimum atomic E-state index is 0.00356. The molecule has 1 unspecified atom stereocenters. The highest BCUT2D eigenvalue weighted by Crippen LogP contribution is 2.29. The van der Waals surface area contributed by atoms with Gasteiger partial charge >= 0.3 is 0 Å². The number of hydrogen-bond acceptors (Lipinski definition) is 4. The number of carbonyl (C=O) groups excluding carboxylic acids is 1. The first-order chi connectivity index (χ1) is 10.6. The van der Waals surface area contributed by atoms with Crippen LogP contribution in [-0.2, 0) is 4.79 Å². The molecule has 0 bridgehead atoms. The van der Waals surface area contributed by atoms with Crippen LogP contribution in [0.15, 0.2) is 30.5 Å². The monoisotopic (exact) mass is 300 g/mol. The summed E-state index contributed by atoms with van der Waals surface area (Å²) in [6.45, 7) is 3.41. The Morgan fingerprint density at radius 3 is 3.05 bits per heavy atom. The zero-order valence-electron chi connectivity index (χ0n) is 12.6. The summed E-state index contributed by atoms with van der Waals surface area (Å²) in [7, 11) is 0. The third kappa shape index (κ3) is 2.90. The van der Waals surface area contributed by atoms with Gasteiger partial charge in [0.25, 0.3) is 5.91 Å². The molecule has 3 N–H and O–H groups in total. The number of benzene rings is 1. The zero-order valence-corrected chi connectivity index (χ0v) is 12.6. The number of nitrogens with one attached hydrogen (secondary N) is 1. The molecule has 1 amide bonds. The molecule has 3 rings (SSSR count). The Balaban J connectivity index is 1.56. The summed E-state index contributed by atoms with van der Waals surface area (Å²) in [6.07, 6.45) is 2.50. The molecule has 1 fully saturated rings. The van der Waals surface area contributed by atoms with Crippen molar-refractivity contribution in [1.82, 2.24) is 15.1 Å². The summed E-state index contributed by atoms with van der Waals surface area (Å²) in [5.41, 5.74) is 8.49. The number of rotatable bonds is 4. The Morgan fingerprint density at radius 2 is 2.32 bits per heavy atom. The van der Waals surface area contributed by atoms with Crippen molar-refractivity contribution in [3.63, 3.8) is 0 Å². The van der Waals surface area contributed by atoms with Gasteiger partial charge in [0.2, 0.25) is 0 Å². The van der Waals surface area contributed by atoms with Gasteiger partial charge in [0.15, 0.2) is 6.61 Å². The van der Waals surface area contributed by atoms with E-state index in [1.807, 2.05) is 36.1 Å². The fraction of sp³-hybridized carbons (Fsp3) is 0.375. The highest BCUT2D eigenvalue weighted by molar-refractivity contribution is 5.78. The maximum absolute atomic E-state index is 12.3. The summed E-state index contributed by atoms with van der Waals surface area (Å²) < 4.78 is 5.62. The number of hydrogen-bond donors (Lipinski definition) is 2. The average Bonchev–Trinajstić information content (AvgIpc) is 3.14. The molecule has 0 saturated carbocycles. The molecular weight excluding hydrogens is 280 g/mol. The predicted octanol–water partition coefficient (Wildman–Crippen LogP) is 1.70. The number of likely N-dealkylation sites (tertiary alicyclic amines) is 1. The number of nitrogens with two attached hydrogens (primary N) is 1. The number of amides is 1. The molecule has 0 aliphatic carbocycles. The van der Waals surface area contributed by atoms with Crippen LogP contribution in [0.5, 0.6) is 5.75 Å². The van der Waals surface area contributed by atoms with Crippen LogP contribution < -0.4 is 10.5 Å². The topological polar surface area (TPSA) is 84.2 Å². The van der Waals surface area contributed by atoms with Crippen molar-refractivity contribution < 1.29 is 9.53 Å². The van der Waals surface area contributed by atoms with Crippen LogP contribution in [0.25, 0.3) is 0 Å². The van der Waals surface area contributed by atoms with Crippen molar-refractivity contribution in [1.29, 1.82) is 0 Å². The molecule has 116 valence electrons. The molecule has 2 heterocycles. The lowest BCUT2D eigenvalue weighted by atomic mass is 10.0. The third-order valence-electron chi connectivity index (χ3n) is 4.09. The number of ether oxygens (including phenoxy) is 1. The number of aryl methyl sites for hydroxylation is 1. The minimum Gasteiger partial charge on any atom is -0.484 e. The van der Waals surface area contributed by atoms with Crippen molar-refractivity contribution in [3.8, 4) is 5.75 Å². The van der Waals surface area contributed by atoms with Crippen LogP contribution in [0.1, 0.15) is 23.6 Å². The van der Waals surface area contributed by atoms with Gasteiger partial charge < -0.3 is 15.4 Å². The predicted molar refractivity (Wildman–Crippen MR) is 83.6 cm³/mol. The Kier molecular flexibility index (Phi) is 4.00. The molecule has 1 aromatic heterocycles. The van der Waals surface area contributed by atoms with E-state index in [0.717, 1.165) is 30.0 Å². The Bertz CT molecular complexity index is 668. The molecule has 0 radical (unpaired) electrons. The zero-order chi connectivity index (χ0) is 15.5. The van der Waals surface area contributed by atoms with Crippen LogP contribution in [0, 0.1) is 6.92 Å². The van der Waals surface area contributed by atoms with E-state index in [1.165, 1.54) is 0 Å². The molecule has 1 aromatic carbocycles. The lowest BCUT2D eigenvalue weighted by Gasteiger charge is -2.17. The van der Waals surface area contributed by atoms with Gasteiger partial charge in [-0.25, -0.2) is 0 Å². The quantitative estimate of drug-likeness (QED) is 0.900. The molecule has 1 atom stereocenters. The van der Waals surface area contributed by atoms with E-state index in [4.69, 9.17) is 10.5 Å². The van der Waals surface area contributed by atoms with Crippen LogP contribution in [0.4, 0.5) is 5.69 Å². The number of nitrogens with zero attached hydrogens (tertiary/aromatic N) is 2. The van der Waals surface area contributed by atoms with Crippen molar-refractivity contribution in [2.45, 2.75) is 19.3 Å². The normalized spacial score (nSPS) is 17.7. The van der Waals surface area contributed by atoms with Crippen LogP contribution in [0.2, 0.25) is 0 Å².